The summed E-state index contributed by atoms with van der Waals surface area (Å²) in [7, 11) is 0. The molecule has 0 radical (unpaired) electrons. The van der Waals surface area contributed by atoms with E-state index in [2.05, 4.69) is 22.0 Å². The maximum atomic E-state index is 12.5. The summed E-state index contributed by atoms with van der Waals surface area (Å²) in [6.45, 7) is 2.49. The molecule has 0 fully saturated rings. The molecule has 1 aliphatic rings. The zero-order valence-electron chi connectivity index (χ0n) is 15.7. The zero-order valence-corrected chi connectivity index (χ0v) is 15.7. The van der Waals surface area contributed by atoms with Crippen molar-refractivity contribution in [2.75, 3.05) is 0 Å². The number of amides is 1. The number of aromatic nitrogens is 2. The van der Waals surface area contributed by atoms with Crippen molar-refractivity contribution in [1.82, 2.24) is 14.9 Å². The molecule has 4 nitrogen and oxygen atoms in total. The quantitative estimate of drug-likeness (QED) is 0.750. The Morgan fingerprint density at radius 1 is 1.04 bits per heavy atom. The highest BCUT2D eigenvalue weighted by Gasteiger charge is 2.21. The van der Waals surface area contributed by atoms with Crippen molar-refractivity contribution in [3.05, 3.63) is 82.9 Å². The van der Waals surface area contributed by atoms with Gasteiger partial charge in [0.05, 0.1) is 18.7 Å². The fourth-order valence-corrected chi connectivity index (χ4v) is 3.82. The number of nitrogens with zero attached hydrogens (tertiary/aromatic N) is 2. The van der Waals surface area contributed by atoms with Crippen molar-refractivity contribution in [3.63, 3.8) is 0 Å². The van der Waals surface area contributed by atoms with E-state index in [0.717, 1.165) is 35.5 Å². The van der Waals surface area contributed by atoms with E-state index in [1.807, 2.05) is 49.4 Å². The SMILES string of the molecule is Cc1ccccc1CC(=O)NCc1nc2c(n1-c1ccccc1)CCCC2. The Kier molecular flexibility index (Phi) is 5.05. The lowest BCUT2D eigenvalue weighted by Crippen LogP contribution is -2.26. The minimum absolute atomic E-state index is 0.0323. The van der Waals surface area contributed by atoms with Crippen LogP contribution >= 0.6 is 0 Å². The van der Waals surface area contributed by atoms with Gasteiger partial charge >= 0.3 is 0 Å². The van der Waals surface area contributed by atoms with Crippen molar-refractivity contribution in [3.8, 4) is 5.69 Å². The first-order valence-corrected chi connectivity index (χ1v) is 9.68. The monoisotopic (exact) mass is 359 g/mol. The van der Waals surface area contributed by atoms with Crippen LogP contribution < -0.4 is 5.32 Å². The molecule has 4 heteroatoms. The van der Waals surface area contributed by atoms with E-state index in [4.69, 9.17) is 4.98 Å². The number of imidazole rings is 1. The molecule has 0 saturated carbocycles. The molecule has 1 N–H and O–H groups in total. The number of carbonyl (C=O) groups is 1. The highest BCUT2D eigenvalue weighted by atomic mass is 16.1. The van der Waals surface area contributed by atoms with Crippen LogP contribution in [-0.2, 0) is 30.6 Å². The van der Waals surface area contributed by atoms with Crippen LogP contribution in [0.1, 0.15) is 41.2 Å². The fraction of sp³-hybridized carbons (Fsp3) is 0.304. The molecular formula is C23H25N3O. The standard InChI is InChI=1S/C23H25N3O/c1-17-9-5-6-10-18(17)15-23(27)24-16-22-25-20-13-7-8-14-21(20)26(22)19-11-3-2-4-12-19/h2-6,9-12H,7-8,13-16H2,1H3,(H,24,27). The van der Waals surface area contributed by atoms with Gasteiger partial charge in [0, 0.05) is 11.4 Å². The molecule has 2 aromatic carbocycles. The van der Waals surface area contributed by atoms with Gasteiger partial charge in [0.1, 0.15) is 5.82 Å². The van der Waals surface area contributed by atoms with E-state index in [1.165, 1.54) is 24.2 Å². The number of nitrogens with one attached hydrogen (secondary N) is 1. The largest absolute Gasteiger partial charge is 0.349 e. The van der Waals surface area contributed by atoms with Crippen LogP contribution in [0.5, 0.6) is 0 Å². The lowest BCUT2D eigenvalue weighted by atomic mass is 10.0. The second kappa shape index (κ2) is 7.78. The van der Waals surface area contributed by atoms with Gasteiger partial charge in [-0.05, 0) is 55.9 Å². The number of hydrogen-bond acceptors (Lipinski definition) is 2. The first-order chi connectivity index (χ1) is 13.2. The third-order valence-electron chi connectivity index (χ3n) is 5.27. The molecule has 0 atom stereocenters. The van der Waals surface area contributed by atoms with Crippen molar-refractivity contribution in [1.29, 1.82) is 0 Å². The Labute approximate surface area is 160 Å². The zero-order chi connectivity index (χ0) is 18.6. The average Bonchev–Trinajstić information content (AvgIpc) is 3.07. The maximum Gasteiger partial charge on any atom is 0.224 e. The van der Waals surface area contributed by atoms with Gasteiger partial charge in [-0.1, -0.05) is 42.5 Å². The summed E-state index contributed by atoms with van der Waals surface area (Å²) >= 11 is 0. The number of benzene rings is 2. The molecule has 1 aliphatic carbocycles. The molecule has 3 aromatic rings. The smallest absolute Gasteiger partial charge is 0.224 e. The first-order valence-electron chi connectivity index (χ1n) is 9.68. The molecule has 4 rings (SSSR count). The Bertz CT molecular complexity index is 944. The molecule has 1 aromatic heterocycles. The predicted molar refractivity (Wildman–Crippen MR) is 107 cm³/mol. The Balaban J connectivity index is 1.54. The molecule has 0 aliphatic heterocycles. The van der Waals surface area contributed by atoms with Gasteiger partial charge in [-0.25, -0.2) is 4.98 Å². The normalized spacial score (nSPS) is 13.2. The summed E-state index contributed by atoms with van der Waals surface area (Å²) < 4.78 is 2.24. The average molecular weight is 359 g/mol. The van der Waals surface area contributed by atoms with Crippen molar-refractivity contribution < 1.29 is 4.79 Å². The van der Waals surface area contributed by atoms with Crippen LogP contribution in [-0.4, -0.2) is 15.5 Å². The van der Waals surface area contributed by atoms with Gasteiger partial charge in [-0.2, -0.15) is 0 Å². The minimum atomic E-state index is 0.0323. The third-order valence-corrected chi connectivity index (χ3v) is 5.27. The fourth-order valence-electron chi connectivity index (χ4n) is 3.82. The number of para-hydroxylation sites is 1. The summed E-state index contributed by atoms with van der Waals surface area (Å²) in [4.78, 5) is 17.4. The number of fused-ring (bicyclic) bond motifs is 1. The molecule has 1 heterocycles. The van der Waals surface area contributed by atoms with Gasteiger partial charge in [0.2, 0.25) is 5.91 Å². The van der Waals surface area contributed by atoms with E-state index in [9.17, 15) is 4.79 Å². The number of rotatable bonds is 5. The van der Waals surface area contributed by atoms with Gasteiger partial charge < -0.3 is 5.32 Å². The molecule has 0 spiro atoms. The summed E-state index contributed by atoms with van der Waals surface area (Å²) in [6.07, 6.45) is 4.87. The summed E-state index contributed by atoms with van der Waals surface area (Å²) in [5.41, 5.74) is 5.83. The van der Waals surface area contributed by atoms with Crippen molar-refractivity contribution >= 4 is 5.91 Å². The van der Waals surface area contributed by atoms with Crippen LogP contribution in [0, 0.1) is 6.92 Å². The van der Waals surface area contributed by atoms with Crippen LogP contribution in [0.25, 0.3) is 5.69 Å². The van der Waals surface area contributed by atoms with Crippen LogP contribution in [0.2, 0.25) is 0 Å². The van der Waals surface area contributed by atoms with Crippen molar-refractivity contribution in [2.24, 2.45) is 0 Å². The van der Waals surface area contributed by atoms with E-state index < -0.39 is 0 Å². The molecule has 27 heavy (non-hydrogen) atoms. The van der Waals surface area contributed by atoms with Crippen LogP contribution in [0.4, 0.5) is 0 Å². The lowest BCUT2D eigenvalue weighted by molar-refractivity contribution is -0.120. The number of carbonyl (C=O) groups excluding carboxylic acids is 1. The van der Waals surface area contributed by atoms with Gasteiger partial charge in [0.25, 0.3) is 0 Å². The number of aryl methyl sites for hydroxylation is 2. The summed E-state index contributed by atoms with van der Waals surface area (Å²) in [6, 6.07) is 18.4. The molecule has 0 bridgehead atoms. The minimum Gasteiger partial charge on any atom is -0.349 e. The van der Waals surface area contributed by atoms with Gasteiger partial charge in [-0.3, -0.25) is 9.36 Å². The molecule has 0 saturated heterocycles. The van der Waals surface area contributed by atoms with E-state index >= 15 is 0 Å². The topological polar surface area (TPSA) is 46.9 Å². The second-order valence-corrected chi connectivity index (χ2v) is 7.18. The highest BCUT2D eigenvalue weighted by molar-refractivity contribution is 5.78. The Hall–Kier alpha value is -2.88. The van der Waals surface area contributed by atoms with Crippen LogP contribution in [0.3, 0.4) is 0 Å². The Morgan fingerprint density at radius 2 is 1.78 bits per heavy atom. The molecule has 1 amide bonds. The van der Waals surface area contributed by atoms with E-state index in [1.54, 1.807) is 0 Å². The molecular weight excluding hydrogens is 334 g/mol. The lowest BCUT2D eigenvalue weighted by Gasteiger charge is -2.15. The molecule has 0 unspecified atom stereocenters. The van der Waals surface area contributed by atoms with Crippen molar-refractivity contribution in [2.45, 2.75) is 45.6 Å². The summed E-state index contributed by atoms with van der Waals surface area (Å²) in [5, 5.41) is 3.07. The first kappa shape index (κ1) is 17.5. The van der Waals surface area contributed by atoms with E-state index in [-0.39, 0.29) is 5.91 Å². The van der Waals surface area contributed by atoms with Gasteiger partial charge in [0.15, 0.2) is 0 Å². The van der Waals surface area contributed by atoms with Crippen LogP contribution in [0.15, 0.2) is 54.6 Å². The molecule has 138 valence electrons. The van der Waals surface area contributed by atoms with E-state index in [0.29, 0.717) is 13.0 Å². The summed E-state index contributed by atoms with van der Waals surface area (Å²) in [5.74, 6) is 0.955. The maximum absolute atomic E-state index is 12.5. The second-order valence-electron chi connectivity index (χ2n) is 7.18. The Morgan fingerprint density at radius 3 is 2.59 bits per heavy atom. The number of hydrogen-bond donors (Lipinski definition) is 1. The highest BCUT2D eigenvalue weighted by Crippen LogP contribution is 2.25. The predicted octanol–water partition coefficient (Wildman–Crippen LogP) is 3.92. The van der Waals surface area contributed by atoms with Gasteiger partial charge in [-0.15, -0.1) is 0 Å². The third kappa shape index (κ3) is 3.80.